The minimum absolute atomic E-state index is 0.140. The molecule has 1 aromatic heterocycles. The van der Waals surface area contributed by atoms with E-state index in [4.69, 9.17) is 10.3 Å². The number of nitrogens with two attached hydrogens (primary N) is 1. The first-order valence-corrected chi connectivity index (χ1v) is 6.78. The van der Waals surface area contributed by atoms with Crippen LogP contribution in [-0.2, 0) is 10.0 Å². The molecule has 9 nitrogen and oxygen atoms in total. The highest BCUT2D eigenvalue weighted by Gasteiger charge is 2.29. The summed E-state index contributed by atoms with van der Waals surface area (Å²) >= 11 is 0. The number of para-hydroxylation sites is 1. The van der Waals surface area contributed by atoms with Crippen LogP contribution in [0.1, 0.15) is 5.69 Å². The van der Waals surface area contributed by atoms with Crippen LogP contribution in [0.2, 0.25) is 0 Å². The van der Waals surface area contributed by atoms with Crippen molar-refractivity contribution in [3.05, 3.63) is 40.1 Å². The minimum Gasteiger partial charge on any atom is -0.393 e. The Morgan fingerprint density at radius 2 is 2.15 bits per heavy atom. The second-order valence-corrected chi connectivity index (χ2v) is 5.54. The van der Waals surface area contributed by atoms with E-state index in [0.29, 0.717) is 5.69 Å². The van der Waals surface area contributed by atoms with Gasteiger partial charge in [0.2, 0.25) is 5.88 Å². The maximum atomic E-state index is 12.1. The first-order valence-electron chi connectivity index (χ1n) is 5.30. The normalized spacial score (nSPS) is 11.2. The first kappa shape index (κ1) is 13.8. The van der Waals surface area contributed by atoms with Crippen LogP contribution in [0.3, 0.4) is 0 Å². The molecule has 0 atom stereocenters. The van der Waals surface area contributed by atoms with E-state index in [2.05, 4.69) is 9.88 Å². The third-order valence-electron chi connectivity index (χ3n) is 2.37. The molecule has 0 aliphatic heterocycles. The van der Waals surface area contributed by atoms with E-state index < -0.39 is 25.5 Å². The van der Waals surface area contributed by atoms with Gasteiger partial charge in [-0.05, 0) is 19.1 Å². The number of nitrogens with one attached hydrogen (secondary N) is 1. The number of nitrogens with zero attached hydrogens (tertiary/aromatic N) is 2. The summed E-state index contributed by atoms with van der Waals surface area (Å²) in [4.78, 5) is 9.55. The summed E-state index contributed by atoms with van der Waals surface area (Å²) in [5.41, 5.74) is 4.98. The number of hydrogen-bond acceptors (Lipinski definition) is 7. The fourth-order valence-corrected chi connectivity index (χ4v) is 2.73. The average molecular weight is 298 g/mol. The monoisotopic (exact) mass is 298 g/mol. The van der Waals surface area contributed by atoms with Crippen molar-refractivity contribution in [3.63, 3.8) is 0 Å². The Bertz CT molecular complexity index is 768. The fourth-order valence-electron chi connectivity index (χ4n) is 1.55. The highest BCUT2D eigenvalue weighted by atomic mass is 32.2. The van der Waals surface area contributed by atoms with Gasteiger partial charge in [0.15, 0.2) is 4.90 Å². The molecular weight excluding hydrogens is 288 g/mol. The topological polar surface area (TPSA) is 141 Å². The maximum Gasteiger partial charge on any atom is 0.312 e. The van der Waals surface area contributed by atoms with Gasteiger partial charge >= 0.3 is 5.69 Å². The Morgan fingerprint density at radius 3 is 2.70 bits per heavy atom. The molecule has 106 valence electrons. The lowest BCUT2D eigenvalue weighted by Crippen LogP contribution is -2.15. The van der Waals surface area contributed by atoms with Crippen molar-refractivity contribution < 1.29 is 17.9 Å². The lowest BCUT2D eigenvalue weighted by molar-refractivity contribution is -0.386. The SMILES string of the molecule is Cc1cc(NS(=O)(=O)c2cccc(N)c2[N+](=O)[O-])on1. The van der Waals surface area contributed by atoms with Crippen LogP contribution in [0, 0.1) is 17.0 Å². The zero-order valence-corrected chi connectivity index (χ0v) is 11.0. The minimum atomic E-state index is -4.20. The number of aromatic nitrogens is 1. The van der Waals surface area contributed by atoms with Gasteiger partial charge in [-0.3, -0.25) is 10.1 Å². The number of benzene rings is 1. The molecule has 0 fully saturated rings. The Labute approximate surface area is 113 Å². The van der Waals surface area contributed by atoms with Crippen LogP contribution in [0.15, 0.2) is 33.7 Å². The Morgan fingerprint density at radius 1 is 1.45 bits per heavy atom. The van der Waals surface area contributed by atoms with Gasteiger partial charge in [0.25, 0.3) is 10.0 Å². The Hall–Kier alpha value is -2.62. The van der Waals surface area contributed by atoms with Crippen molar-refractivity contribution in [2.45, 2.75) is 11.8 Å². The zero-order valence-electron chi connectivity index (χ0n) is 10.2. The molecule has 1 heterocycles. The zero-order chi connectivity index (χ0) is 14.9. The average Bonchev–Trinajstić information content (AvgIpc) is 2.73. The molecule has 0 spiro atoms. The van der Waals surface area contributed by atoms with Crippen molar-refractivity contribution in [3.8, 4) is 0 Å². The molecule has 0 unspecified atom stereocenters. The number of nitro benzene ring substituents is 1. The van der Waals surface area contributed by atoms with Crippen molar-refractivity contribution >= 4 is 27.3 Å². The van der Waals surface area contributed by atoms with Gasteiger partial charge in [-0.2, -0.15) is 0 Å². The number of sulfonamides is 1. The molecule has 2 rings (SSSR count). The number of aryl methyl sites for hydroxylation is 1. The fraction of sp³-hybridized carbons (Fsp3) is 0.100. The standard InChI is InChI=1S/C10H10N4O5S/c1-6-5-9(19-12-6)13-20(17,18)8-4-2-3-7(11)10(8)14(15)16/h2-5,13H,11H2,1H3. The summed E-state index contributed by atoms with van der Waals surface area (Å²) in [5.74, 6) is -0.140. The van der Waals surface area contributed by atoms with Crippen LogP contribution >= 0.6 is 0 Å². The van der Waals surface area contributed by atoms with E-state index in [1.165, 1.54) is 18.2 Å². The molecule has 0 saturated heterocycles. The molecule has 0 radical (unpaired) electrons. The number of nitrogen functional groups attached to an aromatic ring is 1. The van der Waals surface area contributed by atoms with Crippen LogP contribution in [-0.4, -0.2) is 18.5 Å². The molecule has 20 heavy (non-hydrogen) atoms. The van der Waals surface area contributed by atoms with Crippen LogP contribution < -0.4 is 10.5 Å². The largest absolute Gasteiger partial charge is 0.393 e. The first-order chi connectivity index (χ1) is 9.31. The van der Waals surface area contributed by atoms with E-state index in [0.717, 1.165) is 6.07 Å². The van der Waals surface area contributed by atoms with Crippen molar-refractivity contribution in [1.82, 2.24) is 5.16 Å². The smallest absolute Gasteiger partial charge is 0.312 e. The molecule has 0 amide bonds. The van der Waals surface area contributed by atoms with Crippen molar-refractivity contribution in [2.24, 2.45) is 0 Å². The third-order valence-corrected chi connectivity index (χ3v) is 3.74. The molecule has 0 aliphatic carbocycles. The molecular formula is C10H10N4O5S. The molecule has 1 aromatic carbocycles. The predicted octanol–water partition coefficient (Wildman–Crippen LogP) is 1.27. The molecule has 0 aliphatic rings. The molecule has 0 saturated carbocycles. The van der Waals surface area contributed by atoms with Gasteiger partial charge in [0.1, 0.15) is 5.69 Å². The number of rotatable bonds is 4. The van der Waals surface area contributed by atoms with E-state index in [1.54, 1.807) is 6.92 Å². The summed E-state index contributed by atoms with van der Waals surface area (Å²) in [6, 6.07) is 4.98. The van der Waals surface area contributed by atoms with Gasteiger partial charge in [-0.15, -0.1) is 0 Å². The quantitative estimate of drug-likeness (QED) is 0.491. The third kappa shape index (κ3) is 2.54. The second kappa shape index (κ2) is 4.81. The van der Waals surface area contributed by atoms with Crippen LogP contribution in [0.5, 0.6) is 0 Å². The highest BCUT2D eigenvalue weighted by molar-refractivity contribution is 7.92. The second-order valence-electron chi connectivity index (χ2n) is 3.89. The lowest BCUT2D eigenvalue weighted by Gasteiger charge is -2.06. The van der Waals surface area contributed by atoms with Crippen molar-refractivity contribution in [1.29, 1.82) is 0 Å². The van der Waals surface area contributed by atoms with E-state index in [1.807, 2.05) is 0 Å². The lowest BCUT2D eigenvalue weighted by atomic mass is 10.3. The molecule has 10 heteroatoms. The summed E-state index contributed by atoms with van der Waals surface area (Å²) in [5, 5.41) is 14.5. The van der Waals surface area contributed by atoms with Gasteiger partial charge in [0, 0.05) is 6.07 Å². The van der Waals surface area contributed by atoms with Gasteiger partial charge in [-0.25, -0.2) is 13.1 Å². The van der Waals surface area contributed by atoms with Crippen molar-refractivity contribution in [2.75, 3.05) is 10.5 Å². The summed E-state index contributed by atoms with van der Waals surface area (Å²) in [7, 11) is -4.20. The van der Waals surface area contributed by atoms with Gasteiger partial charge < -0.3 is 10.3 Å². The number of hydrogen-bond donors (Lipinski definition) is 2. The summed E-state index contributed by atoms with van der Waals surface area (Å²) in [6.45, 7) is 1.60. The highest BCUT2D eigenvalue weighted by Crippen LogP contribution is 2.30. The van der Waals surface area contributed by atoms with Gasteiger partial charge in [0.05, 0.1) is 10.6 Å². The Kier molecular flexibility index (Phi) is 3.32. The van der Waals surface area contributed by atoms with Crippen LogP contribution in [0.25, 0.3) is 0 Å². The molecule has 2 aromatic rings. The summed E-state index contributed by atoms with van der Waals surface area (Å²) in [6.07, 6.45) is 0. The van der Waals surface area contributed by atoms with E-state index in [9.17, 15) is 18.5 Å². The van der Waals surface area contributed by atoms with Crippen LogP contribution in [0.4, 0.5) is 17.3 Å². The van der Waals surface area contributed by atoms with Gasteiger partial charge in [-0.1, -0.05) is 11.2 Å². The van der Waals surface area contributed by atoms with E-state index >= 15 is 0 Å². The number of nitro groups is 1. The maximum absolute atomic E-state index is 12.1. The predicted molar refractivity (Wildman–Crippen MR) is 69.6 cm³/mol. The molecule has 3 N–H and O–H groups in total. The molecule has 0 bridgehead atoms. The Balaban J connectivity index is 2.50. The summed E-state index contributed by atoms with van der Waals surface area (Å²) < 4.78 is 31.0. The van der Waals surface area contributed by atoms with E-state index in [-0.39, 0.29) is 11.6 Å². The number of anilines is 2.